The SMILES string of the molecule is CCOC(=O)CSc1nnc(-c2ccccc2F)n1Cc1ccccc1. The van der Waals surface area contributed by atoms with Crippen LogP contribution >= 0.6 is 11.8 Å². The van der Waals surface area contributed by atoms with Crippen LogP contribution < -0.4 is 0 Å². The van der Waals surface area contributed by atoms with Crippen LogP contribution in [-0.4, -0.2) is 33.1 Å². The summed E-state index contributed by atoms with van der Waals surface area (Å²) in [5.74, 6) is -0.133. The first-order valence-corrected chi connectivity index (χ1v) is 9.18. The van der Waals surface area contributed by atoms with Crippen molar-refractivity contribution >= 4 is 17.7 Å². The Bertz CT molecular complexity index is 884. The van der Waals surface area contributed by atoms with E-state index in [0.29, 0.717) is 29.7 Å². The van der Waals surface area contributed by atoms with Crippen LogP contribution in [0.25, 0.3) is 11.4 Å². The number of hydrogen-bond donors (Lipinski definition) is 0. The molecule has 1 aromatic heterocycles. The second kappa shape index (κ2) is 8.62. The van der Waals surface area contributed by atoms with Crippen LogP contribution in [0.4, 0.5) is 4.39 Å². The van der Waals surface area contributed by atoms with Gasteiger partial charge in [0.15, 0.2) is 11.0 Å². The summed E-state index contributed by atoms with van der Waals surface area (Å²) in [4.78, 5) is 11.7. The molecule has 1 heterocycles. The number of ether oxygens (including phenoxy) is 1. The molecule has 0 aliphatic carbocycles. The monoisotopic (exact) mass is 371 g/mol. The fourth-order valence-electron chi connectivity index (χ4n) is 2.47. The maximum Gasteiger partial charge on any atom is 0.316 e. The van der Waals surface area contributed by atoms with E-state index in [1.807, 2.05) is 34.9 Å². The number of aromatic nitrogens is 3. The molecule has 0 fully saturated rings. The van der Waals surface area contributed by atoms with Crippen LogP contribution in [0.15, 0.2) is 59.8 Å². The van der Waals surface area contributed by atoms with Crippen LogP contribution in [0.5, 0.6) is 0 Å². The minimum absolute atomic E-state index is 0.123. The van der Waals surface area contributed by atoms with Gasteiger partial charge in [-0.1, -0.05) is 54.2 Å². The van der Waals surface area contributed by atoms with Gasteiger partial charge in [0.1, 0.15) is 5.82 Å². The predicted molar refractivity (Wildman–Crippen MR) is 98.3 cm³/mol. The molecule has 134 valence electrons. The summed E-state index contributed by atoms with van der Waals surface area (Å²) < 4.78 is 21.0. The molecule has 0 N–H and O–H groups in total. The molecule has 2 aromatic carbocycles. The highest BCUT2D eigenvalue weighted by molar-refractivity contribution is 7.99. The lowest BCUT2D eigenvalue weighted by Gasteiger charge is -2.11. The molecule has 26 heavy (non-hydrogen) atoms. The lowest BCUT2D eigenvalue weighted by Crippen LogP contribution is -2.09. The molecule has 0 aliphatic heterocycles. The van der Waals surface area contributed by atoms with Gasteiger partial charge < -0.3 is 4.74 Å². The minimum Gasteiger partial charge on any atom is -0.465 e. The highest BCUT2D eigenvalue weighted by Gasteiger charge is 2.18. The Hall–Kier alpha value is -2.67. The number of thioether (sulfide) groups is 1. The minimum atomic E-state index is -0.365. The summed E-state index contributed by atoms with van der Waals surface area (Å²) >= 11 is 1.23. The molecule has 0 bridgehead atoms. The third-order valence-electron chi connectivity index (χ3n) is 3.64. The van der Waals surface area contributed by atoms with Gasteiger partial charge in [-0.05, 0) is 24.6 Å². The molecular formula is C19H18FN3O2S. The van der Waals surface area contributed by atoms with Crippen molar-refractivity contribution in [1.82, 2.24) is 14.8 Å². The zero-order valence-electron chi connectivity index (χ0n) is 14.3. The van der Waals surface area contributed by atoms with Gasteiger partial charge in [-0.25, -0.2) is 4.39 Å². The quantitative estimate of drug-likeness (QED) is 0.467. The van der Waals surface area contributed by atoms with Crippen LogP contribution in [0.2, 0.25) is 0 Å². The van der Waals surface area contributed by atoms with E-state index in [-0.39, 0.29) is 17.5 Å². The van der Waals surface area contributed by atoms with Crippen molar-refractivity contribution in [1.29, 1.82) is 0 Å². The topological polar surface area (TPSA) is 57.0 Å². The molecule has 7 heteroatoms. The Balaban J connectivity index is 1.94. The zero-order chi connectivity index (χ0) is 18.4. The van der Waals surface area contributed by atoms with E-state index in [9.17, 15) is 9.18 Å². The first-order chi connectivity index (χ1) is 12.7. The molecule has 0 saturated carbocycles. The summed E-state index contributed by atoms with van der Waals surface area (Å²) in [5, 5.41) is 8.87. The number of carbonyl (C=O) groups excluding carboxylic acids is 1. The third-order valence-corrected chi connectivity index (χ3v) is 4.58. The molecule has 3 aromatic rings. The number of hydrogen-bond acceptors (Lipinski definition) is 5. The molecule has 0 atom stereocenters. The Morgan fingerprint density at radius 1 is 1.12 bits per heavy atom. The number of nitrogens with zero attached hydrogens (tertiary/aromatic N) is 3. The summed E-state index contributed by atoms with van der Waals surface area (Å²) in [6, 6.07) is 16.2. The van der Waals surface area contributed by atoms with E-state index in [1.54, 1.807) is 25.1 Å². The van der Waals surface area contributed by atoms with Gasteiger partial charge in [0.2, 0.25) is 0 Å². The number of rotatable bonds is 7. The normalized spacial score (nSPS) is 10.7. The van der Waals surface area contributed by atoms with Crippen molar-refractivity contribution in [2.75, 3.05) is 12.4 Å². The lowest BCUT2D eigenvalue weighted by molar-refractivity contribution is -0.139. The molecule has 0 unspecified atom stereocenters. The van der Waals surface area contributed by atoms with Crippen LogP contribution in [0, 0.1) is 5.82 Å². The van der Waals surface area contributed by atoms with E-state index in [1.165, 1.54) is 17.8 Å². The second-order valence-electron chi connectivity index (χ2n) is 5.45. The van der Waals surface area contributed by atoms with Gasteiger partial charge in [0.25, 0.3) is 0 Å². The maximum absolute atomic E-state index is 14.3. The molecule has 0 spiro atoms. The molecule has 0 aliphatic rings. The van der Waals surface area contributed by atoms with Gasteiger partial charge in [0, 0.05) is 0 Å². The number of esters is 1. The Kier molecular flexibility index (Phi) is 6.01. The Morgan fingerprint density at radius 3 is 2.58 bits per heavy atom. The standard InChI is InChI=1S/C19H18FN3O2S/c1-2-25-17(24)13-26-19-22-21-18(15-10-6-7-11-16(15)20)23(19)12-14-8-4-3-5-9-14/h3-11H,2,12-13H2,1H3. The average Bonchev–Trinajstić information content (AvgIpc) is 3.04. The molecule has 0 amide bonds. The van der Waals surface area contributed by atoms with E-state index >= 15 is 0 Å². The van der Waals surface area contributed by atoms with Crippen LogP contribution in [0.1, 0.15) is 12.5 Å². The van der Waals surface area contributed by atoms with Gasteiger partial charge in [-0.15, -0.1) is 10.2 Å². The van der Waals surface area contributed by atoms with Crippen molar-refractivity contribution < 1.29 is 13.9 Å². The Morgan fingerprint density at radius 2 is 1.85 bits per heavy atom. The van der Waals surface area contributed by atoms with E-state index in [4.69, 9.17) is 4.74 Å². The molecule has 0 radical (unpaired) electrons. The van der Waals surface area contributed by atoms with Crippen molar-refractivity contribution in [3.8, 4) is 11.4 Å². The number of carbonyl (C=O) groups is 1. The maximum atomic E-state index is 14.3. The zero-order valence-corrected chi connectivity index (χ0v) is 15.1. The fraction of sp³-hybridized carbons (Fsp3) is 0.211. The molecule has 3 rings (SSSR count). The van der Waals surface area contributed by atoms with E-state index in [0.717, 1.165) is 5.56 Å². The van der Waals surface area contributed by atoms with E-state index in [2.05, 4.69) is 10.2 Å². The number of halogens is 1. The largest absolute Gasteiger partial charge is 0.465 e. The summed E-state index contributed by atoms with van der Waals surface area (Å²) in [6.45, 7) is 2.57. The molecular weight excluding hydrogens is 353 g/mol. The summed E-state index contributed by atoms with van der Waals surface area (Å²) in [5.41, 5.74) is 1.40. The molecule has 5 nitrogen and oxygen atoms in total. The van der Waals surface area contributed by atoms with Gasteiger partial charge >= 0.3 is 5.97 Å². The fourth-order valence-corrected chi connectivity index (χ4v) is 3.21. The van der Waals surface area contributed by atoms with Crippen molar-refractivity contribution in [3.05, 3.63) is 66.0 Å². The summed E-state index contributed by atoms with van der Waals surface area (Å²) in [7, 11) is 0. The molecule has 0 saturated heterocycles. The average molecular weight is 371 g/mol. The predicted octanol–water partition coefficient (Wildman–Crippen LogP) is 3.79. The van der Waals surface area contributed by atoms with Crippen molar-refractivity contribution in [2.45, 2.75) is 18.6 Å². The Labute approximate surface area is 155 Å². The van der Waals surface area contributed by atoms with Gasteiger partial charge in [0.05, 0.1) is 24.5 Å². The van der Waals surface area contributed by atoms with E-state index < -0.39 is 0 Å². The first kappa shape index (κ1) is 18.1. The highest BCUT2D eigenvalue weighted by Crippen LogP contribution is 2.27. The third kappa shape index (κ3) is 4.29. The van der Waals surface area contributed by atoms with Crippen LogP contribution in [0.3, 0.4) is 0 Å². The number of benzene rings is 2. The first-order valence-electron chi connectivity index (χ1n) is 8.19. The smallest absolute Gasteiger partial charge is 0.316 e. The summed E-state index contributed by atoms with van der Waals surface area (Å²) in [6.07, 6.45) is 0. The van der Waals surface area contributed by atoms with Crippen LogP contribution in [-0.2, 0) is 16.1 Å². The van der Waals surface area contributed by atoms with Crippen molar-refractivity contribution in [2.24, 2.45) is 0 Å². The van der Waals surface area contributed by atoms with Gasteiger partial charge in [-0.2, -0.15) is 0 Å². The van der Waals surface area contributed by atoms with Gasteiger partial charge in [-0.3, -0.25) is 9.36 Å². The lowest BCUT2D eigenvalue weighted by atomic mass is 10.2. The second-order valence-corrected chi connectivity index (χ2v) is 6.39. The highest BCUT2D eigenvalue weighted by atomic mass is 32.2. The van der Waals surface area contributed by atoms with Crippen molar-refractivity contribution in [3.63, 3.8) is 0 Å².